The maximum absolute atomic E-state index is 12.1. The van der Waals surface area contributed by atoms with Crippen molar-refractivity contribution < 1.29 is 14.3 Å². The molecular weight excluding hydrogens is 266 g/mol. The maximum Gasteiger partial charge on any atom is 0.231 e. The van der Waals surface area contributed by atoms with Crippen molar-refractivity contribution in [1.82, 2.24) is 4.90 Å². The molecule has 4 nitrogen and oxygen atoms in total. The number of allylic oxidation sites excluding steroid dienone is 2. The Kier molecular flexibility index (Phi) is 3.97. The third-order valence-electron chi connectivity index (χ3n) is 3.68. The number of piperidine rings is 1. The number of fused-ring (bicyclic) bond motifs is 1. The highest BCUT2D eigenvalue weighted by atomic mass is 16.5. The van der Waals surface area contributed by atoms with E-state index in [0.717, 1.165) is 11.1 Å². The highest BCUT2D eigenvalue weighted by Crippen LogP contribution is 2.27. The zero-order valence-electron chi connectivity index (χ0n) is 11.7. The van der Waals surface area contributed by atoms with Crippen LogP contribution in [0.25, 0.3) is 0 Å². The van der Waals surface area contributed by atoms with Gasteiger partial charge in [0, 0.05) is 19.0 Å². The fraction of sp³-hybridized carbons (Fsp3) is 0.294. The molecule has 2 aliphatic rings. The van der Waals surface area contributed by atoms with Crippen molar-refractivity contribution in [2.75, 3.05) is 6.61 Å². The number of ketones is 1. The van der Waals surface area contributed by atoms with E-state index in [0.29, 0.717) is 38.2 Å². The lowest BCUT2D eigenvalue weighted by Gasteiger charge is -2.30. The van der Waals surface area contributed by atoms with E-state index in [-0.39, 0.29) is 11.7 Å². The fourth-order valence-electron chi connectivity index (χ4n) is 2.63. The smallest absolute Gasteiger partial charge is 0.231 e. The lowest BCUT2D eigenvalue weighted by atomic mass is 9.97. The molecule has 0 aromatic heterocycles. The van der Waals surface area contributed by atoms with Gasteiger partial charge in [-0.25, -0.2) is 0 Å². The minimum Gasteiger partial charge on any atom is -0.372 e. The molecule has 1 aromatic carbocycles. The molecule has 0 unspecified atom stereocenters. The van der Waals surface area contributed by atoms with Crippen LogP contribution in [0.15, 0.2) is 53.9 Å². The van der Waals surface area contributed by atoms with Crippen LogP contribution >= 0.6 is 0 Å². The van der Waals surface area contributed by atoms with Crippen LogP contribution in [0, 0.1) is 0 Å². The molecule has 0 atom stereocenters. The highest BCUT2D eigenvalue weighted by molar-refractivity contribution is 6.05. The number of Topliss-reactive ketones (excluding diaryl/α,β-unsaturated/α-hetero) is 1. The van der Waals surface area contributed by atoms with Gasteiger partial charge in [-0.3, -0.25) is 14.5 Å². The van der Waals surface area contributed by atoms with Gasteiger partial charge in [0.2, 0.25) is 5.91 Å². The molecule has 108 valence electrons. The summed E-state index contributed by atoms with van der Waals surface area (Å²) >= 11 is 0. The Labute approximate surface area is 123 Å². The second-order valence-corrected chi connectivity index (χ2v) is 5.21. The van der Waals surface area contributed by atoms with Gasteiger partial charge >= 0.3 is 0 Å². The standard InChI is InChI=1S/C17H17NO3/c19-15-8-9-16(20)18-10-4-7-14(17(15)18)12-21-11-13-5-2-1-3-6-13/h1-6,10H,7-9,11-12H2. The Morgan fingerprint density at radius 2 is 1.86 bits per heavy atom. The van der Waals surface area contributed by atoms with Crippen molar-refractivity contribution in [2.24, 2.45) is 0 Å². The highest BCUT2D eigenvalue weighted by Gasteiger charge is 2.31. The van der Waals surface area contributed by atoms with Crippen molar-refractivity contribution in [3.63, 3.8) is 0 Å². The van der Waals surface area contributed by atoms with Gasteiger partial charge in [-0.1, -0.05) is 36.4 Å². The molecule has 2 heterocycles. The van der Waals surface area contributed by atoms with Gasteiger partial charge in [0.15, 0.2) is 5.78 Å². The number of carbonyl (C=O) groups is 2. The SMILES string of the molecule is O=C1CCC(=O)N2C=CCC(COCc3ccccc3)=C12. The third-order valence-corrected chi connectivity index (χ3v) is 3.68. The molecule has 1 aromatic rings. The van der Waals surface area contributed by atoms with Crippen molar-refractivity contribution in [3.8, 4) is 0 Å². The maximum atomic E-state index is 12.1. The van der Waals surface area contributed by atoms with E-state index in [9.17, 15) is 9.59 Å². The monoisotopic (exact) mass is 283 g/mol. The van der Waals surface area contributed by atoms with E-state index in [1.165, 1.54) is 4.90 Å². The molecule has 0 N–H and O–H groups in total. The molecule has 0 spiro atoms. The Hall–Kier alpha value is -2.20. The van der Waals surface area contributed by atoms with Crippen LogP contribution < -0.4 is 0 Å². The fourth-order valence-corrected chi connectivity index (χ4v) is 2.63. The van der Waals surface area contributed by atoms with Crippen LogP contribution in [-0.4, -0.2) is 23.2 Å². The molecule has 4 heteroatoms. The van der Waals surface area contributed by atoms with E-state index in [4.69, 9.17) is 4.74 Å². The Morgan fingerprint density at radius 3 is 2.67 bits per heavy atom. The molecule has 0 aliphatic carbocycles. The minimum absolute atomic E-state index is 0.0129. The Balaban J connectivity index is 1.70. The molecule has 1 amide bonds. The normalized spacial score (nSPS) is 18.2. The summed E-state index contributed by atoms with van der Waals surface area (Å²) in [5.74, 6) is 0.0263. The van der Waals surface area contributed by atoms with Crippen molar-refractivity contribution in [3.05, 3.63) is 59.4 Å². The van der Waals surface area contributed by atoms with Gasteiger partial charge < -0.3 is 4.74 Å². The first-order valence-corrected chi connectivity index (χ1v) is 7.11. The topological polar surface area (TPSA) is 46.6 Å². The van der Waals surface area contributed by atoms with Crippen molar-refractivity contribution in [1.29, 1.82) is 0 Å². The predicted molar refractivity (Wildman–Crippen MR) is 78.0 cm³/mol. The zero-order valence-corrected chi connectivity index (χ0v) is 11.7. The summed E-state index contributed by atoms with van der Waals surface area (Å²) in [6.07, 6.45) is 4.88. The van der Waals surface area contributed by atoms with Crippen LogP contribution in [0.5, 0.6) is 0 Å². The average molecular weight is 283 g/mol. The van der Waals surface area contributed by atoms with E-state index in [2.05, 4.69) is 0 Å². The first-order chi connectivity index (χ1) is 10.3. The number of carbonyl (C=O) groups excluding carboxylic acids is 2. The second kappa shape index (κ2) is 6.06. The largest absolute Gasteiger partial charge is 0.372 e. The van der Waals surface area contributed by atoms with E-state index >= 15 is 0 Å². The molecule has 0 saturated carbocycles. The average Bonchev–Trinajstić information content (AvgIpc) is 2.52. The summed E-state index contributed by atoms with van der Waals surface area (Å²) < 4.78 is 5.71. The van der Waals surface area contributed by atoms with Gasteiger partial charge in [0.1, 0.15) is 0 Å². The van der Waals surface area contributed by atoms with Crippen molar-refractivity contribution in [2.45, 2.75) is 25.9 Å². The van der Waals surface area contributed by atoms with Crippen LogP contribution in [0.1, 0.15) is 24.8 Å². The Morgan fingerprint density at radius 1 is 1.05 bits per heavy atom. The van der Waals surface area contributed by atoms with Crippen LogP contribution in [0.3, 0.4) is 0 Å². The van der Waals surface area contributed by atoms with Gasteiger partial charge in [-0.05, 0) is 17.6 Å². The number of hydrogen-bond donors (Lipinski definition) is 0. The molecular formula is C17H17NO3. The number of amides is 1. The number of rotatable bonds is 4. The summed E-state index contributed by atoms with van der Waals surface area (Å²) in [6.45, 7) is 0.882. The van der Waals surface area contributed by atoms with E-state index in [1.54, 1.807) is 6.20 Å². The third kappa shape index (κ3) is 2.95. The molecule has 1 fully saturated rings. The lowest BCUT2D eigenvalue weighted by Crippen LogP contribution is -2.37. The van der Waals surface area contributed by atoms with Crippen LogP contribution in [0.4, 0.5) is 0 Å². The number of hydrogen-bond acceptors (Lipinski definition) is 3. The molecule has 1 saturated heterocycles. The van der Waals surface area contributed by atoms with Crippen LogP contribution in [-0.2, 0) is 20.9 Å². The van der Waals surface area contributed by atoms with Gasteiger partial charge in [0.25, 0.3) is 0 Å². The van der Waals surface area contributed by atoms with Crippen molar-refractivity contribution >= 4 is 11.7 Å². The molecule has 3 rings (SSSR count). The first-order valence-electron chi connectivity index (χ1n) is 7.11. The molecule has 0 bridgehead atoms. The minimum atomic E-state index is -0.0129. The summed E-state index contributed by atoms with van der Waals surface area (Å²) in [4.78, 5) is 25.4. The molecule has 0 radical (unpaired) electrons. The van der Waals surface area contributed by atoms with Gasteiger partial charge in [0.05, 0.1) is 18.9 Å². The zero-order chi connectivity index (χ0) is 14.7. The van der Waals surface area contributed by atoms with Gasteiger partial charge in [-0.2, -0.15) is 0 Å². The summed E-state index contributed by atoms with van der Waals surface area (Å²) in [5.41, 5.74) is 2.52. The number of benzene rings is 1. The van der Waals surface area contributed by atoms with Crippen LogP contribution in [0.2, 0.25) is 0 Å². The summed E-state index contributed by atoms with van der Waals surface area (Å²) in [5, 5.41) is 0. The summed E-state index contributed by atoms with van der Waals surface area (Å²) in [6, 6.07) is 9.90. The van der Waals surface area contributed by atoms with E-state index < -0.39 is 0 Å². The Bertz CT molecular complexity index is 616. The molecule has 2 aliphatic heterocycles. The number of nitrogens with zero attached hydrogens (tertiary/aromatic N) is 1. The quantitative estimate of drug-likeness (QED) is 0.853. The summed E-state index contributed by atoms with van der Waals surface area (Å²) in [7, 11) is 0. The van der Waals surface area contributed by atoms with Gasteiger partial charge in [-0.15, -0.1) is 0 Å². The predicted octanol–water partition coefficient (Wildman–Crippen LogP) is 2.57. The molecule has 21 heavy (non-hydrogen) atoms. The van der Waals surface area contributed by atoms with E-state index in [1.807, 2.05) is 36.4 Å². The second-order valence-electron chi connectivity index (χ2n) is 5.21. The number of ether oxygens (including phenoxy) is 1. The lowest BCUT2D eigenvalue weighted by molar-refractivity contribution is -0.134. The first kappa shape index (κ1) is 13.8.